The van der Waals surface area contributed by atoms with Crippen molar-refractivity contribution in [3.05, 3.63) is 60.4 Å². The van der Waals surface area contributed by atoms with Gasteiger partial charge in [-0.25, -0.2) is 0 Å². The molecule has 4 rings (SSSR count). The van der Waals surface area contributed by atoms with E-state index >= 15 is 0 Å². The first kappa shape index (κ1) is 18.7. The number of carbonyl (C=O) groups is 2. The standard InChI is InChI=1S/C21H21N5O3/c22-20(27)14-5-7-16(8-6-14)23-21(28)15-3-1-11-26(13-15)19-10-9-17(24-25-19)18-4-2-12-29-18/h2,4-10,12,15H,1,3,11,13H2,(H2,22,27)(H,23,28). The SMILES string of the molecule is NC(=O)c1ccc(NC(=O)C2CCCN(c3ccc(-c4ccco4)nn3)C2)cc1. The maximum absolute atomic E-state index is 12.7. The zero-order valence-corrected chi connectivity index (χ0v) is 15.7. The molecule has 2 aromatic heterocycles. The van der Waals surface area contributed by atoms with Crippen LogP contribution in [0.5, 0.6) is 0 Å². The number of nitrogens with zero attached hydrogens (tertiary/aromatic N) is 3. The molecule has 148 valence electrons. The fraction of sp³-hybridized carbons (Fsp3) is 0.238. The van der Waals surface area contributed by atoms with Gasteiger partial charge in [0.2, 0.25) is 11.8 Å². The third-order valence-corrected chi connectivity index (χ3v) is 4.98. The molecule has 3 N–H and O–H groups in total. The van der Waals surface area contributed by atoms with Gasteiger partial charge in [0.1, 0.15) is 5.69 Å². The van der Waals surface area contributed by atoms with Crippen molar-refractivity contribution in [3.8, 4) is 11.5 Å². The molecular weight excluding hydrogens is 370 g/mol. The lowest BCUT2D eigenvalue weighted by atomic mass is 9.97. The van der Waals surface area contributed by atoms with Crippen molar-refractivity contribution in [2.45, 2.75) is 12.8 Å². The van der Waals surface area contributed by atoms with Crippen LogP contribution in [0.4, 0.5) is 11.5 Å². The minimum Gasteiger partial charge on any atom is -0.463 e. The molecule has 1 aliphatic rings. The van der Waals surface area contributed by atoms with E-state index in [9.17, 15) is 9.59 Å². The van der Waals surface area contributed by atoms with Crippen LogP contribution >= 0.6 is 0 Å². The number of benzene rings is 1. The number of piperidine rings is 1. The van der Waals surface area contributed by atoms with Gasteiger partial charge in [-0.1, -0.05) is 0 Å². The molecule has 1 saturated heterocycles. The third kappa shape index (κ3) is 4.26. The molecule has 1 fully saturated rings. The van der Waals surface area contributed by atoms with Crippen molar-refractivity contribution >= 4 is 23.3 Å². The Morgan fingerprint density at radius 1 is 1.10 bits per heavy atom. The van der Waals surface area contributed by atoms with Crippen LogP contribution in [0, 0.1) is 5.92 Å². The predicted molar refractivity (Wildman–Crippen MR) is 108 cm³/mol. The molecule has 8 nitrogen and oxygen atoms in total. The molecule has 0 aliphatic carbocycles. The first-order valence-electron chi connectivity index (χ1n) is 9.43. The molecule has 0 saturated carbocycles. The number of nitrogens with one attached hydrogen (secondary N) is 1. The molecule has 1 atom stereocenters. The van der Waals surface area contributed by atoms with Crippen LogP contribution in [0.25, 0.3) is 11.5 Å². The minimum atomic E-state index is -0.495. The summed E-state index contributed by atoms with van der Waals surface area (Å²) in [5.74, 6) is 0.698. The van der Waals surface area contributed by atoms with Gasteiger partial charge in [0.25, 0.3) is 0 Å². The lowest BCUT2D eigenvalue weighted by Gasteiger charge is -2.32. The van der Waals surface area contributed by atoms with Gasteiger partial charge >= 0.3 is 0 Å². The first-order chi connectivity index (χ1) is 14.1. The second kappa shape index (κ2) is 8.14. The highest BCUT2D eigenvalue weighted by molar-refractivity contribution is 5.95. The van der Waals surface area contributed by atoms with Gasteiger partial charge < -0.3 is 20.4 Å². The summed E-state index contributed by atoms with van der Waals surface area (Å²) in [5.41, 5.74) is 6.96. The zero-order chi connectivity index (χ0) is 20.2. The maximum atomic E-state index is 12.7. The molecule has 2 amide bonds. The molecule has 0 bridgehead atoms. The van der Waals surface area contributed by atoms with Gasteiger partial charge in [0, 0.05) is 24.3 Å². The predicted octanol–water partition coefficient (Wildman–Crippen LogP) is 2.69. The van der Waals surface area contributed by atoms with Gasteiger partial charge in [-0.3, -0.25) is 9.59 Å². The first-order valence-corrected chi connectivity index (χ1v) is 9.43. The Bertz CT molecular complexity index is 984. The van der Waals surface area contributed by atoms with Crippen molar-refractivity contribution in [2.75, 3.05) is 23.3 Å². The molecular formula is C21H21N5O3. The highest BCUT2D eigenvalue weighted by atomic mass is 16.3. The molecule has 29 heavy (non-hydrogen) atoms. The maximum Gasteiger partial charge on any atom is 0.248 e. The summed E-state index contributed by atoms with van der Waals surface area (Å²) in [4.78, 5) is 25.9. The van der Waals surface area contributed by atoms with E-state index in [1.54, 1.807) is 36.6 Å². The number of aromatic nitrogens is 2. The van der Waals surface area contributed by atoms with Crippen molar-refractivity contribution in [2.24, 2.45) is 11.7 Å². The van der Waals surface area contributed by atoms with Crippen molar-refractivity contribution < 1.29 is 14.0 Å². The number of amides is 2. The average molecular weight is 391 g/mol. The Hall–Kier alpha value is -3.68. The van der Waals surface area contributed by atoms with Crippen molar-refractivity contribution in [1.29, 1.82) is 0 Å². The van der Waals surface area contributed by atoms with Gasteiger partial charge in [-0.15, -0.1) is 10.2 Å². The Labute approximate surface area is 167 Å². The third-order valence-electron chi connectivity index (χ3n) is 4.98. The Balaban J connectivity index is 1.39. The topological polar surface area (TPSA) is 114 Å². The molecule has 0 spiro atoms. The van der Waals surface area contributed by atoms with Crippen LogP contribution in [0.1, 0.15) is 23.2 Å². The van der Waals surface area contributed by atoms with Crippen molar-refractivity contribution in [1.82, 2.24) is 10.2 Å². The minimum absolute atomic E-state index is 0.0540. The van der Waals surface area contributed by atoms with Crippen LogP contribution in [0.3, 0.4) is 0 Å². The fourth-order valence-corrected chi connectivity index (χ4v) is 3.41. The van der Waals surface area contributed by atoms with Crippen LogP contribution in [0.2, 0.25) is 0 Å². The summed E-state index contributed by atoms with van der Waals surface area (Å²) < 4.78 is 5.34. The smallest absolute Gasteiger partial charge is 0.248 e. The van der Waals surface area contributed by atoms with Gasteiger partial charge in [0.05, 0.1) is 12.2 Å². The molecule has 1 aromatic carbocycles. The molecule has 1 aliphatic heterocycles. The quantitative estimate of drug-likeness (QED) is 0.691. The van der Waals surface area contributed by atoms with E-state index in [1.165, 1.54) is 0 Å². The zero-order valence-electron chi connectivity index (χ0n) is 15.7. The summed E-state index contributed by atoms with van der Waals surface area (Å²) in [6.45, 7) is 1.39. The molecule has 3 heterocycles. The molecule has 3 aromatic rings. The lowest BCUT2D eigenvalue weighted by Crippen LogP contribution is -2.41. The second-order valence-electron chi connectivity index (χ2n) is 6.97. The van der Waals surface area contributed by atoms with E-state index in [0.717, 1.165) is 25.2 Å². The number of hydrogen-bond acceptors (Lipinski definition) is 6. The van der Waals surface area contributed by atoms with E-state index < -0.39 is 5.91 Å². The van der Waals surface area contributed by atoms with Crippen molar-refractivity contribution in [3.63, 3.8) is 0 Å². The highest BCUT2D eigenvalue weighted by Crippen LogP contribution is 2.24. The molecule has 1 unspecified atom stereocenters. The number of primary amides is 1. The molecule has 0 radical (unpaired) electrons. The molecule has 8 heteroatoms. The normalized spacial score (nSPS) is 16.4. The number of nitrogens with two attached hydrogens (primary N) is 1. The highest BCUT2D eigenvalue weighted by Gasteiger charge is 2.27. The monoisotopic (exact) mass is 391 g/mol. The Morgan fingerprint density at radius 3 is 2.59 bits per heavy atom. The second-order valence-corrected chi connectivity index (χ2v) is 6.97. The van der Waals surface area contributed by atoms with Crippen LogP contribution in [-0.4, -0.2) is 35.1 Å². The number of carbonyl (C=O) groups excluding carboxylic acids is 2. The summed E-state index contributed by atoms with van der Waals surface area (Å²) in [6.07, 6.45) is 3.29. The van der Waals surface area contributed by atoms with Gasteiger partial charge in [0.15, 0.2) is 11.6 Å². The summed E-state index contributed by atoms with van der Waals surface area (Å²) in [6, 6.07) is 14.0. The fourth-order valence-electron chi connectivity index (χ4n) is 3.41. The van der Waals surface area contributed by atoms with E-state index in [-0.39, 0.29) is 11.8 Å². The van der Waals surface area contributed by atoms with E-state index in [4.69, 9.17) is 10.2 Å². The van der Waals surface area contributed by atoms with E-state index in [0.29, 0.717) is 29.2 Å². The number of rotatable bonds is 5. The summed E-state index contributed by atoms with van der Waals surface area (Å²) >= 11 is 0. The van der Waals surface area contributed by atoms with Crippen LogP contribution in [0.15, 0.2) is 59.2 Å². The largest absolute Gasteiger partial charge is 0.463 e. The number of anilines is 2. The van der Waals surface area contributed by atoms with E-state index in [2.05, 4.69) is 20.4 Å². The van der Waals surface area contributed by atoms with Gasteiger partial charge in [-0.2, -0.15) is 0 Å². The Kier molecular flexibility index (Phi) is 5.24. The van der Waals surface area contributed by atoms with Crippen LogP contribution in [-0.2, 0) is 4.79 Å². The van der Waals surface area contributed by atoms with E-state index in [1.807, 2.05) is 18.2 Å². The summed E-state index contributed by atoms with van der Waals surface area (Å²) in [7, 11) is 0. The van der Waals surface area contributed by atoms with Gasteiger partial charge in [-0.05, 0) is 61.4 Å². The average Bonchev–Trinajstić information content (AvgIpc) is 3.29. The lowest BCUT2D eigenvalue weighted by molar-refractivity contribution is -0.120. The van der Waals surface area contributed by atoms with Crippen LogP contribution < -0.4 is 16.0 Å². The number of furan rings is 1. The summed E-state index contributed by atoms with van der Waals surface area (Å²) in [5, 5.41) is 11.4. The number of hydrogen-bond donors (Lipinski definition) is 2. The Morgan fingerprint density at radius 2 is 1.93 bits per heavy atom.